The first-order chi connectivity index (χ1) is 11.6. The van der Waals surface area contributed by atoms with E-state index in [1.165, 1.54) is 83.5 Å². The van der Waals surface area contributed by atoms with Crippen LogP contribution >= 0.6 is 0 Å². The lowest BCUT2D eigenvalue weighted by Crippen LogP contribution is -2.10. The Hall–Kier alpha value is -0.530. The Bertz CT molecular complexity index is 234. The first kappa shape index (κ1) is 25.7. The normalized spacial score (nSPS) is 10.4. The van der Waals surface area contributed by atoms with Gasteiger partial charge in [0.2, 0.25) is 0 Å². The van der Waals surface area contributed by atoms with E-state index < -0.39 is 0 Å². The third-order valence-corrected chi connectivity index (χ3v) is 4.06. The summed E-state index contributed by atoms with van der Waals surface area (Å²) in [6.45, 7) is 10.5. The van der Waals surface area contributed by atoms with Gasteiger partial charge in [0.1, 0.15) is 0 Å². The van der Waals surface area contributed by atoms with Crippen molar-refractivity contribution in [3.05, 3.63) is 0 Å². The Morgan fingerprint density at radius 1 is 0.625 bits per heavy atom. The van der Waals surface area contributed by atoms with E-state index in [0.717, 1.165) is 6.42 Å². The van der Waals surface area contributed by atoms with Gasteiger partial charge in [0, 0.05) is 6.42 Å². The van der Waals surface area contributed by atoms with Crippen LogP contribution in [0.25, 0.3) is 0 Å². The van der Waals surface area contributed by atoms with Crippen LogP contribution in [0.5, 0.6) is 0 Å². The van der Waals surface area contributed by atoms with Crippen molar-refractivity contribution in [3.8, 4) is 0 Å². The standard InChI is InChI=1S/C17H34O2.C5H12/c1-4-5-6-7-8-9-10-11-12-13-14-15-17(18)19-16(2)3;1-3-5-4-2/h16H,4-15H2,1-3H3;3-5H2,1-2H3. The van der Waals surface area contributed by atoms with E-state index in [0.29, 0.717) is 6.42 Å². The minimum Gasteiger partial charge on any atom is -0.463 e. The Balaban J connectivity index is 0. The molecule has 0 N–H and O–H groups in total. The third kappa shape index (κ3) is 26.4. The maximum Gasteiger partial charge on any atom is 0.306 e. The number of rotatable bonds is 15. The lowest BCUT2D eigenvalue weighted by Gasteiger charge is -2.07. The Morgan fingerprint density at radius 2 is 1.00 bits per heavy atom. The molecular formula is C22H46O2. The van der Waals surface area contributed by atoms with Gasteiger partial charge in [0.15, 0.2) is 0 Å². The van der Waals surface area contributed by atoms with E-state index in [1.54, 1.807) is 0 Å². The van der Waals surface area contributed by atoms with Crippen molar-refractivity contribution >= 4 is 5.97 Å². The van der Waals surface area contributed by atoms with Gasteiger partial charge in [0.05, 0.1) is 6.10 Å². The Kier molecular flexibility index (Phi) is 24.1. The molecule has 0 aliphatic rings. The Morgan fingerprint density at radius 3 is 1.33 bits per heavy atom. The fourth-order valence-electron chi connectivity index (χ4n) is 2.61. The van der Waals surface area contributed by atoms with Crippen LogP contribution in [0.3, 0.4) is 0 Å². The summed E-state index contributed by atoms with van der Waals surface area (Å²) in [6.07, 6.45) is 19.2. The number of unbranched alkanes of at least 4 members (excludes halogenated alkanes) is 12. The molecule has 2 heteroatoms. The zero-order valence-electron chi connectivity index (χ0n) is 17.5. The number of esters is 1. The highest BCUT2D eigenvalue weighted by Crippen LogP contribution is 2.12. The molecule has 0 spiro atoms. The molecule has 146 valence electrons. The maximum atomic E-state index is 11.3. The summed E-state index contributed by atoms with van der Waals surface area (Å²) in [7, 11) is 0. The molecule has 0 heterocycles. The number of ether oxygens (including phenoxy) is 1. The van der Waals surface area contributed by atoms with E-state index in [2.05, 4.69) is 20.8 Å². The van der Waals surface area contributed by atoms with Crippen molar-refractivity contribution in [3.63, 3.8) is 0 Å². The molecule has 2 nitrogen and oxygen atoms in total. The summed E-state index contributed by atoms with van der Waals surface area (Å²) in [5.41, 5.74) is 0. The molecule has 0 amide bonds. The van der Waals surface area contributed by atoms with Crippen LogP contribution in [0.15, 0.2) is 0 Å². The monoisotopic (exact) mass is 342 g/mol. The van der Waals surface area contributed by atoms with E-state index >= 15 is 0 Å². The maximum absolute atomic E-state index is 11.3. The second kappa shape index (κ2) is 22.5. The summed E-state index contributed by atoms with van der Waals surface area (Å²) in [4.78, 5) is 11.3. The van der Waals surface area contributed by atoms with Gasteiger partial charge < -0.3 is 4.74 Å². The highest BCUT2D eigenvalue weighted by atomic mass is 16.5. The van der Waals surface area contributed by atoms with E-state index in [4.69, 9.17) is 4.74 Å². The van der Waals surface area contributed by atoms with Crippen molar-refractivity contribution in [1.82, 2.24) is 0 Å². The molecule has 0 saturated heterocycles. The molecule has 0 aromatic rings. The molecule has 0 fully saturated rings. The van der Waals surface area contributed by atoms with Crippen LogP contribution in [-0.4, -0.2) is 12.1 Å². The third-order valence-electron chi connectivity index (χ3n) is 4.06. The first-order valence-corrected chi connectivity index (χ1v) is 10.8. The molecule has 0 aromatic carbocycles. The topological polar surface area (TPSA) is 26.3 Å². The van der Waals surface area contributed by atoms with Crippen molar-refractivity contribution < 1.29 is 9.53 Å². The van der Waals surface area contributed by atoms with Gasteiger partial charge in [-0.05, 0) is 20.3 Å². The smallest absolute Gasteiger partial charge is 0.306 e. The molecule has 0 aliphatic heterocycles. The molecule has 0 atom stereocenters. The van der Waals surface area contributed by atoms with Crippen molar-refractivity contribution in [2.75, 3.05) is 0 Å². The molecular weight excluding hydrogens is 296 g/mol. The average molecular weight is 343 g/mol. The van der Waals surface area contributed by atoms with Crippen molar-refractivity contribution in [2.45, 2.75) is 137 Å². The SMILES string of the molecule is CCCCC.CCCCCCCCCCCCCC(=O)OC(C)C. The summed E-state index contributed by atoms with van der Waals surface area (Å²) in [6, 6.07) is 0. The predicted octanol–water partition coefficient (Wildman–Crippen LogP) is 7.84. The van der Waals surface area contributed by atoms with Crippen LogP contribution in [-0.2, 0) is 9.53 Å². The Labute approximate surface area is 153 Å². The van der Waals surface area contributed by atoms with Gasteiger partial charge in [-0.15, -0.1) is 0 Å². The second-order valence-corrected chi connectivity index (χ2v) is 7.18. The van der Waals surface area contributed by atoms with Gasteiger partial charge in [-0.2, -0.15) is 0 Å². The van der Waals surface area contributed by atoms with E-state index in [-0.39, 0.29) is 12.1 Å². The lowest BCUT2D eigenvalue weighted by molar-refractivity contribution is -0.147. The number of hydrogen-bond acceptors (Lipinski definition) is 2. The second-order valence-electron chi connectivity index (χ2n) is 7.18. The van der Waals surface area contributed by atoms with Crippen LogP contribution in [0.1, 0.15) is 131 Å². The van der Waals surface area contributed by atoms with E-state index in [9.17, 15) is 4.79 Å². The highest BCUT2D eigenvalue weighted by molar-refractivity contribution is 5.69. The number of carbonyl (C=O) groups is 1. The summed E-state index contributed by atoms with van der Waals surface area (Å²) < 4.78 is 5.10. The van der Waals surface area contributed by atoms with Crippen LogP contribution in [0.2, 0.25) is 0 Å². The lowest BCUT2D eigenvalue weighted by atomic mass is 10.1. The summed E-state index contributed by atoms with van der Waals surface area (Å²) in [5.74, 6) is -0.0362. The molecule has 0 aliphatic carbocycles. The molecule has 0 rings (SSSR count). The highest BCUT2D eigenvalue weighted by Gasteiger charge is 2.04. The zero-order chi connectivity index (χ0) is 18.5. The van der Waals surface area contributed by atoms with Gasteiger partial charge in [-0.3, -0.25) is 4.79 Å². The molecule has 0 unspecified atom stereocenters. The minimum absolute atomic E-state index is 0.0280. The number of hydrogen-bond donors (Lipinski definition) is 0. The van der Waals surface area contributed by atoms with Crippen molar-refractivity contribution in [1.29, 1.82) is 0 Å². The van der Waals surface area contributed by atoms with Crippen LogP contribution in [0, 0.1) is 0 Å². The van der Waals surface area contributed by atoms with Crippen LogP contribution in [0.4, 0.5) is 0 Å². The summed E-state index contributed by atoms with van der Waals surface area (Å²) >= 11 is 0. The van der Waals surface area contributed by atoms with E-state index in [1.807, 2.05) is 13.8 Å². The molecule has 24 heavy (non-hydrogen) atoms. The quantitative estimate of drug-likeness (QED) is 0.224. The van der Waals surface area contributed by atoms with Crippen molar-refractivity contribution in [2.24, 2.45) is 0 Å². The van der Waals surface area contributed by atoms with Gasteiger partial charge in [0.25, 0.3) is 0 Å². The molecule has 0 aromatic heterocycles. The molecule has 0 saturated carbocycles. The fraction of sp³-hybridized carbons (Fsp3) is 0.955. The minimum atomic E-state index is -0.0362. The number of carbonyl (C=O) groups excluding carboxylic acids is 1. The zero-order valence-corrected chi connectivity index (χ0v) is 17.5. The van der Waals surface area contributed by atoms with Gasteiger partial charge in [-0.25, -0.2) is 0 Å². The van der Waals surface area contributed by atoms with Gasteiger partial charge >= 0.3 is 5.97 Å². The predicted molar refractivity (Wildman–Crippen MR) is 108 cm³/mol. The molecule has 0 bridgehead atoms. The fourth-order valence-corrected chi connectivity index (χ4v) is 2.61. The largest absolute Gasteiger partial charge is 0.463 e. The first-order valence-electron chi connectivity index (χ1n) is 10.8. The van der Waals surface area contributed by atoms with Gasteiger partial charge in [-0.1, -0.05) is 104 Å². The van der Waals surface area contributed by atoms with Crippen LogP contribution < -0.4 is 0 Å². The summed E-state index contributed by atoms with van der Waals surface area (Å²) in [5, 5.41) is 0. The average Bonchev–Trinajstić information content (AvgIpc) is 2.53. The molecule has 0 radical (unpaired) electrons.